The minimum atomic E-state index is 0.370. The van der Waals surface area contributed by atoms with Crippen molar-refractivity contribution in [3.63, 3.8) is 0 Å². The first-order chi connectivity index (χ1) is 3.77. The number of rotatable bonds is 4. The summed E-state index contributed by atoms with van der Waals surface area (Å²) < 4.78 is 0. The molecule has 0 aliphatic rings. The third kappa shape index (κ3) is 6.66. The van der Waals surface area contributed by atoms with E-state index < -0.39 is 0 Å². The van der Waals surface area contributed by atoms with Crippen molar-refractivity contribution >= 4 is 21.6 Å². The fourth-order valence-corrected chi connectivity index (χ4v) is 1.74. The highest BCUT2D eigenvalue weighted by molar-refractivity contribution is 8.76. The zero-order chi connectivity index (χ0) is 6.41. The zero-order valence-corrected chi connectivity index (χ0v) is 7.02. The lowest BCUT2D eigenvalue weighted by Crippen LogP contribution is -2.14. The summed E-state index contributed by atoms with van der Waals surface area (Å²) >= 11 is 0. The van der Waals surface area contributed by atoms with Crippen LogP contribution in [0, 0.1) is 0 Å². The molecule has 3 heteroatoms. The quantitative estimate of drug-likeness (QED) is 0.489. The molecule has 1 atom stereocenters. The highest BCUT2D eigenvalue weighted by atomic mass is 33.1. The van der Waals surface area contributed by atoms with Crippen LogP contribution in [0.4, 0.5) is 0 Å². The molecule has 0 spiro atoms. The summed E-state index contributed by atoms with van der Waals surface area (Å²) in [6, 6.07) is 0.370. The van der Waals surface area contributed by atoms with Crippen LogP contribution in [0.25, 0.3) is 0 Å². The second-order valence-corrected chi connectivity index (χ2v) is 4.44. The van der Waals surface area contributed by atoms with Gasteiger partial charge in [-0.25, -0.2) is 0 Å². The standard InChI is InChI=1S/C5H13NS2/c1-5(6)3-4-8-7-2/h5H,3-4,6H2,1-2H3. The van der Waals surface area contributed by atoms with Crippen LogP contribution in [-0.4, -0.2) is 18.1 Å². The van der Waals surface area contributed by atoms with Gasteiger partial charge in [0.25, 0.3) is 0 Å². The third-order valence-electron chi connectivity index (χ3n) is 0.774. The zero-order valence-electron chi connectivity index (χ0n) is 5.39. The van der Waals surface area contributed by atoms with Gasteiger partial charge < -0.3 is 5.73 Å². The van der Waals surface area contributed by atoms with Crippen molar-refractivity contribution in [2.24, 2.45) is 5.73 Å². The van der Waals surface area contributed by atoms with Crippen molar-refractivity contribution in [2.45, 2.75) is 19.4 Å². The molecule has 0 bridgehead atoms. The summed E-state index contributed by atoms with van der Waals surface area (Å²) in [4.78, 5) is 0. The maximum Gasteiger partial charge on any atom is 0.00514 e. The summed E-state index contributed by atoms with van der Waals surface area (Å²) in [6.07, 6.45) is 3.22. The molecule has 0 rings (SSSR count). The predicted molar refractivity (Wildman–Crippen MR) is 44.2 cm³/mol. The first kappa shape index (κ1) is 8.66. The highest BCUT2D eigenvalue weighted by Crippen LogP contribution is 2.17. The summed E-state index contributed by atoms with van der Waals surface area (Å²) in [5.74, 6) is 1.18. The van der Waals surface area contributed by atoms with E-state index in [1.807, 2.05) is 17.7 Å². The Morgan fingerprint density at radius 1 is 1.62 bits per heavy atom. The fraction of sp³-hybridized carbons (Fsp3) is 1.00. The number of nitrogens with two attached hydrogens (primary N) is 1. The Kier molecular flexibility index (Phi) is 6.27. The first-order valence-corrected chi connectivity index (χ1v) is 5.41. The van der Waals surface area contributed by atoms with Gasteiger partial charge in [-0.3, -0.25) is 0 Å². The number of hydrogen-bond acceptors (Lipinski definition) is 3. The van der Waals surface area contributed by atoms with E-state index in [-0.39, 0.29) is 0 Å². The van der Waals surface area contributed by atoms with E-state index in [1.165, 1.54) is 5.75 Å². The molecule has 0 fully saturated rings. The van der Waals surface area contributed by atoms with Crippen molar-refractivity contribution in [3.8, 4) is 0 Å². The van der Waals surface area contributed by atoms with Crippen molar-refractivity contribution < 1.29 is 0 Å². The van der Waals surface area contributed by atoms with Gasteiger partial charge in [0.05, 0.1) is 0 Å². The van der Waals surface area contributed by atoms with Gasteiger partial charge >= 0.3 is 0 Å². The molecule has 1 unspecified atom stereocenters. The number of hydrogen-bond donors (Lipinski definition) is 1. The second-order valence-electron chi connectivity index (χ2n) is 1.75. The van der Waals surface area contributed by atoms with Crippen LogP contribution >= 0.6 is 21.6 Å². The highest BCUT2D eigenvalue weighted by Gasteiger charge is 1.91. The lowest BCUT2D eigenvalue weighted by molar-refractivity contribution is 0.722. The van der Waals surface area contributed by atoms with E-state index >= 15 is 0 Å². The summed E-state index contributed by atoms with van der Waals surface area (Å²) in [5.41, 5.74) is 5.51. The van der Waals surface area contributed by atoms with E-state index in [0.29, 0.717) is 6.04 Å². The smallest absolute Gasteiger partial charge is 0.00514 e. The lowest BCUT2D eigenvalue weighted by atomic mass is 10.3. The van der Waals surface area contributed by atoms with E-state index in [0.717, 1.165) is 6.42 Å². The van der Waals surface area contributed by atoms with E-state index in [4.69, 9.17) is 5.73 Å². The van der Waals surface area contributed by atoms with Gasteiger partial charge in [0, 0.05) is 11.8 Å². The van der Waals surface area contributed by atoms with Gasteiger partial charge in [-0.05, 0) is 19.6 Å². The SMILES string of the molecule is CSSCCC(C)N. The van der Waals surface area contributed by atoms with Crippen molar-refractivity contribution in [1.29, 1.82) is 0 Å². The van der Waals surface area contributed by atoms with E-state index in [2.05, 4.69) is 6.26 Å². The van der Waals surface area contributed by atoms with Gasteiger partial charge in [0.2, 0.25) is 0 Å². The molecule has 0 aromatic heterocycles. The van der Waals surface area contributed by atoms with Crippen molar-refractivity contribution in [3.05, 3.63) is 0 Å². The molecule has 0 amide bonds. The van der Waals surface area contributed by atoms with Gasteiger partial charge in [-0.1, -0.05) is 21.6 Å². The third-order valence-corrected chi connectivity index (χ3v) is 2.62. The molecule has 0 aromatic carbocycles. The molecular weight excluding hydrogens is 138 g/mol. The van der Waals surface area contributed by atoms with Gasteiger partial charge in [-0.2, -0.15) is 0 Å². The van der Waals surface area contributed by atoms with E-state index in [9.17, 15) is 0 Å². The molecule has 50 valence electrons. The van der Waals surface area contributed by atoms with Crippen LogP contribution in [-0.2, 0) is 0 Å². The molecular formula is C5H13NS2. The molecule has 0 aliphatic carbocycles. The topological polar surface area (TPSA) is 26.0 Å². The van der Waals surface area contributed by atoms with Gasteiger partial charge in [0.15, 0.2) is 0 Å². The average Bonchev–Trinajstić information content (AvgIpc) is 1.66. The van der Waals surface area contributed by atoms with Crippen molar-refractivity contribution in [2.75, 3.05) is 12.0 Å². The Morgan fingerprint density at radius 2 is 2.25 bits per heavy atom. The van der Waals surface area contributed by atoms with Crippen LogP contribution in [0.3, 0.4) is 0 Å². The molecule has 0 saturated carbocycles. The molecule has 2 N–H and O–H groups in total. The van der Waals surface area contributed by atoms with Crippen LogP contribution in [0.15, 0.2) is 0 Å². The predicted octanol–water partition coefficient (Wildman–Crippen LogP) is 1.73. The van der Waals surface area contributed by atoms with Gasteiger partial charge in [0.1, 0.15) is 0 Å². The average molecular weight is 151 g/mol. The Balaban J connectivity index is 2.72. The maximum atomic E-state index is 5.51. The summed E-state index contributed by atoms with van der Waals surface area (Å²) in [7, 11) is 3.68. The van der Waals surface area contributed by atoms with Gasteiger partial charge in [-0.15, -0.1) is 0 Å². The van der Waals surface area contributed by atoms with Crippen LogP contribution in [0.5, 0.6) is 0 Å². The Morgan fingerprint density at radius 3 is 2.62 bits per heavy atom. The Labute approximate surface area is 59.2 Å². The fourth-order valence-electron chi connectivity index (χ4n) is 0.317. The monoisotopic (exact) mass is 151 g/mol. The Hall–Kier alpha value is 0.660. The summed E-state index contributed by atoms with van der Waals surface area (Å²) in [5, 5.41) is 0. The van der Waals surface area contributed by atoms with Crippen LogP contribution in [0.2, 0.25) is 0 Å². The molecule has 8 heavy (non-hydrogen) atoms. The van der Waals surface area contributed by atoms with E-state index in [1.54, 1.807) is 10.8 Å². The summed E-state index contributed by atoms with van der Waals surface area (Å²) in [6.45, 7) is 2.04. The largest absolute Gasteiger partial charge is 0.328 e. The molecule has 0 heterocycles. The normalized spacial score (nSPS) is 13.9. The second kappa shape index (κ2) is 5.79. The molecule has 0 aromatic rings. The maximum absolute atomic E-state index is 5.51. The molecule has 0 saturated heterocycles. The minimum Gasteiger partial charge on any atom is -0.328 e. The van der Waals surface area contributed by atoms with Crippen molar-refractivity contribution in [1.82, 2.24) is 0 Å². The molecule has 1 nitrogen and oxygen atoms in total. The first-order valence-electron chi connectivity index (χ1n) is 2.68. The van der Waals surface area contributed by atoms with Crippen LogP contribution < -0.4 is 5.73 Å². The molecule has 0 aliphatic heterocycles. The Bertz CT molecular complexity index is 47.7. The lowest BCUT2D eigenvalue weighted by Gasteiger charge is -2.00. The molecule has 0 radical (unpaired) electrons. The van der Waals surface area contributed by atoms with Crippen LogP contribution in [0.1, 0.15) is 13.3 Å². The minimum absolute atomic E-state index is 0.370.